The predicted molar refractivity (Wildman–Crippen MR) is 64.3 cm³/mol. The Morgan fingerprint density at radius 2 is 2.12 bits per heavy atom. The first-order valence-corrected chi connectivity index (χ1v) is 5.36. The number of esters is 1. The summed E-state index contributed by atoms with van der Waals surface area (Å²) in [6.45, 7) is 2.09. The van der Waals surface area contributed by atoms with Gasteiger partial charge in [-0.15, -0.1) is 0 Å². The number of ether oxygens (including phenoxy) is 2. The number of carbonyl (C=O) groups excluding carboxylic acids is 1. The van der Waals surface area contributed by atoms with E-state index in [-0.39, 0.29) is 0 Å². The molecule has 4 heteroatoms. The SMILES string of the molecule is CCOC(=O)c1cnc2ccccc2c1OC. The average Bonchev–Trinajstić information content (AvgIpc) is 2.37. The van der Waals surface area contributed by atoms with Crippen LogP contribution in [0.3, 0.4) is 0 Å². The van der Waals surface area contributed by atoms with Gasteiger partial charge in [-0.3, -0.25) is 4.98 Å². The van der Waals surface area contributed by atoms with Gasteiger partial charge in [0.2, 0.25) is 0 Å². The standard InChI is InChI=1S/C13H13NO3/c1-3-17-13(15)10-8-14-11-7-5-4-6-9(11)12(10)16-2/h4-8H,3H2,1-2H3. The summed E-state index contributed by atoms with van der Waals surface area (Å²) in [6, 6.07) is 7.50. The van der Waals surface area contributed by atoms with Gasteiger partial charge >= 0.3 is 5.97 Å². The Labute approximate surface area is 99.2 Å². The van der Waals surface area contributed by atoms with Gasteiger partial charge in [-0.2, -0.15) is 0 Å². The fraction of sp³-hybridized carbons (Fsp3) is 0.231. The third-order valence-corrected chi connectivity index (χ3v) is 2.43. The topological polar surface area (TPSA) is 48.4 Å². The second-order valence-electron chi connectivity index (χ2n) is 3.44. The van der Waals surface area contributed by atoms with E-state index in [9.17, 15) is 4.79 Å². The fourth-order valence-corrected chi connectivity index (χ4v) is 1.69. The molecule has 1 aromatic carbocycles. The van der Waals surface area contributed by atoms with Crippen molar-refractivity contribution < 1.29 is 14.3 Å². The van der Waals surface area contributed by atoms with Crippen LogP contribution in [0.2, 0.25) is 0 Å². The number of methoxy groups -OCH3 is 1. The highest BCUT2D eigenvalue weighted by atomic mass is 16.5. The van der Waals surface area contributed by atoms with E-state index in [1.165, 1.54) is 13.3 Å². The van der Waals surface area contributed by atoms with Gasteiger partial charge in [0, 0.05) is 11.6 Å². The number of aromatic nitrogens is 1. The number of rotatable bonds is 3. The van der Waals surface area contributed by atoms with Gasteiger partial charge in [0.05, 0.1) is 19.2 Å². The van der Waals surface area contributed by atoms with E-state index in [0.29, 0.717) is 17.9 Å². The minimum atomic E-state index is -0.414. The first-order valence-electron chi connectivity index (χ1n) is 5.36. The molecule has 0 fully saturated rings. The van der Waals surface area contributed by atoms with Crippen molar-refractivity contribution in [1.29, 1.82) is 0 Å². The van der Waals surface area contributed by atoms with Crippen LogP contribution < -0.4 is 4.74 Å². The molecule has 2 aromatic rings. The largest absolute Gasteiger partial charge is 0.495 e. The van der Waals surface area contributed by atoms with Gasteiger partial charge in [0.15, 0.2) is 0 Å². The Morgan fingerprint density at radius 1 is 1.35 bits per heavy atom. The molecule has 17 heavy (non-hydrogen) atoms. The molecular weight excluding hydrogens is 218 g/mol. The number of hydrogen-bond acceptors (Lipinski definition) is 4. The zero-order valence-corrected chi connectivity index (χ0v) is 9.77. The van der Waals surface area contributed by atoms with Crippen LogP contribution in [-0.4, -0.2) is 24.7 Å². The van der Waals surface area contributed by atoms with Crippen LogP contribution in [0, 0.1) is 0 Å². The molecule has 1 heterocycles. The first-order chi connectivity index (χ1) is 8.27. The highest BCUT2D eigenvalue weighted by Gasteiger charge is 2.16. The molecule has 0 unspecified atom stereocenters. The molecule has 0 aliphatic carbocycles. The van der Waals surface area contributed by atoms with Crippen molar-refractivity contribution in [1.82, 2.24) is 4.98 Å². The lowest BCUT2D eigenvalue weighted by molar-refractivity contribution is 0.0522. The summed E-state index contributed by atoms with van der Waals surface area (Å²) in [5, 5.41) is 0.806. The molecule has 0 saturated carbocycles. The van der Waals surface area contributed by atoms with E-state index < -0.39 is 5.97 Å². The number of hydrogen-bond donors (Lipinski definition) is 0. The third kappa shape index (κ3) is 2.06. The Bertz CT molecular complexity index is 551. The van der Waals surface area contributed by atoms with E-state index >= 15 is 0 Å². The molecular formula is C13H13NO3. The molecule has 2 rings (SSSR count). The quantitative estimate of drug-likeness (QED) is 0.761. The first kappa shape index (κ1) is 11.4. The summed E-state index contributed by atoms with van der Waals surface area (Å²) < 4.78 is 10.2. The lowest BCUT2D eigenvalue weighted by atomic mass is 10.1. The van der Waals surface area contributed by atoms with Gasteiger partial charge in [0.1, 0.15) is 11.3 Å². The maximum absolute atomic E-state index is 11.7. The van der Waals surface area contributed by atoms with Gasteiger partial charge in [0.25, 0.3) is 0 Å². The van der Waals surface area contributed by atoms with Crippen LogP contribution in [-0.2, 0) is 4.74 Å². The molecule has 0 N–H and O–H groups in total. The summed E-state index contributed by atoms with van der Waals surface area (Å²) >= 11 is 0. The second kappa shape index (κ2) is 4.82. The normalized spacial score (nSPS) is 10.2. The average molecular weight is 231 g/mol. The highest BCUT2D eigenvalue weighted by molar-refractivity contribution is 5.99. The van der Waals surface area contributed by atoms with Crippen molar-refractivity contribution in [3.05, 3.63) is 36.0 Å². The minimum absolute atomic E-state index is 0.328. The molecule has 0 aliphatic rings. The zero-order valence-electron chi connectivity index (χ0n) is 9.77. The number of para-hydroxylation sites is 1. The van der Waals surface area contributed by atoms with E-state index in [2.05, 4.69) is 4.98 Å². The lowest BCUT2D eigenvalue weighted by Crippen LogP contribution is -2.07. The number of fused-ring (bicyclic) bond motifs is 1. The van der Waals surface area contributed by atoms with Crippen molar-refractivity contribution in [2.75, 3.05) is 13.7 Å². The second-order valence-corrected chi connectivity index (χ2v) is 3.44. The highest BCUT2D eigenvalue weighted by Crippen LogP contribution is 2.28. The van der Waals surface area contributed by atoms with Crippen LogP contribution >= 0.6 is 0 Å². The molecule has 0 atom stereocenters. The Morgan fingerprint density at radius 3 is 2.82 bits per heavy atom. The van der Waals surface area contributed by atoms with Crippen LogP contribution in [0.25, 0.3) is 10.9 Å². The number of benzene rings is 1. The van der Waals surface area contributed by atoms with Crippen LogP contribution in [0.5, 0.6) is 5.75 Å². The Balaban J connectivity index is 2.60. The van der Waals surface area contributed by atoms with E-state index in [1.54, 1.807) is 6.92 Å². The predicted octanol–water partition coefficient (Wildman–Crippen LogP) is 2.42. The van der Waals surface area contributed by atoms with Crippen molar-refractivity contribution in [2.45, 2.75) is 6.92 Å². The maximum atomic E-state index is 11.7. The molecule has 4 nitrogen and oxygen atoms in total. The molecule has 0 amide bonds. The Kier molecular flexibility index (Phi) is 3.23. The van der Waals surface area contributed by atoms with Crippen molar-refractivity contribution in [2.24, 2.45) is 0 Å². The monoisotopic (exact) mass is 231 g/mol. The summed E-state index contributed by atoms with van der Waals surface area (Å²) in [5.74, 6) is 0.0941. The van der Waals surface area contributed by atoms with Gasteiger partial charge in [-0.05, 0) is 19.1 Å². The fourth-order valence-electron chi connectivity index (χ4n) is 1.69. The zero-order chi connectivity index (χ0) is 12.3. The molecule has 0 aliphatic heterocycles. The summed E-state index contributed by atoms with van der Waals surface area (Å²) in [7, 11) is 1.53. The van der Waals surface area contributed by atoms with Gasteiger partial charge in [-0.25, -0.2) is 4.79 Å². The van der Waals surface area contributed by atoms with E-state index in [0.717, 1.165) is 10.9 Å². The minimum Gasteiger partial charge on any atom is -0.495 e. The van der Waals surface area contributed by atoms with Gasteiger partial charge in [-0.1, -0.05) is 12.1 Å². The molecule has 88 valence electrons. The molecule has 0 spiro atoms. The van der Waals surface area contributed by atoms with Gasteiger partial charge < -0.3 is 9.47 Å². The summed E-state index contributed by atoms with van der Waals surface area (Å²) in [6.07, 6.45) is 1.49. The van der Waals surface area contributed by atoms with Crippen LogP contribution in [0.1, 0.15) is 17.3 Å². The third-order valence-electron chi connectivity index (χ3n) is 2.43. The number of pyridine rings is 1. The maximum Gasteiger partial charge on any atom is 0.343 e. The van der Waals surface area contributed by atoms with Crippen molar-refractivity contribution >= 4 is 16.9 Å². The smallest absolute Gasteiger partial charge is 0.343 e. The molecule has 0 bridgehead atoms. The lowest BCUT2D eigenvalue weighted by Gasteiger charge is -2.09. The van der Waals surface area contributed by atoms with Crippen molar-refractivity contribution in [3.8, 4) is 5.75 Å². The number of nitrogens with zero attached hydrogens (tertiary/aromatic N) is 1. The summed E-state index contributed by atoms with van der Waals surface area (Å²) in [4.78, 5) is 15.9. The molecule has 1 aromatic heterocycles. The number of carbonyl (C=O) groups is 1. The molecule has 0 radical (unpaired) electrons. The van der Waals surface area contributed by atoms with Crippen molar-refractivity contribution in [3.63, 3.8) is 0 Å². The molecule has 0 saturated heterocycles. The summed E-state index contributed by atoms with van der Waals surface area (Å²) in [5.41, 5.74) is 1.14. The van der Waals surface area contributed by atoms with Crippen LogP contribution in [0.15, 0.2) is 30.5 Å². The van der Waals surface area contributed by atoms with E-state index in [4.69, 9.17) is 9.47 Å². The van der Waals surface area contributed by atoms with E-state index in [1.807, 2.05) is 24.3 Å². The Hall–Kier alpha value is -2.10. The van der Waals surface area contributed by atoms with Crippen LogP contribution in [0.4, 0.5) is 0 Å².